The highest BCUT2D eigenvalue weighted by molar-refractivity contribution is 7.90. The van der Waals surface area contributed by atoms with E-state index in [-0.39, 0.29) is 0 Å². The number of carbonyl (C=O) groups excluding carboxylic acids is 1. The van der Waals surface area contributed by atoms with Crippen LogP contribution in [0, 0.1) is 0 Å². The lowest BCUT2D eigenvalue weighted by Gasteiger charge is -2.07. The smallest absolute Gasteiger partial charge is 0.299 e. The zero-order valence-electron chi connectivity index (χ0n) is 8.73. The van der Waals surface area contributed by atoms with E-state index in [1.54, 1.807) is 6.92 Å². The minimum atomic E-state index is -3.53. The van der Waals surface area contributed by atoms with E-state index in [4.69, 9.17) is 5.73 Å². The molecule has 0 aliphatic carbocycles. The summed E-state index contributed by atoms with van der Waals surface area (Å²) in [6.07, 6.45) is 0. The van der Waals surface area contributed by atoms with Gasteiger partial charge in [-0.3, -0.25) is 9.52 Å². The summed E-state index contributed by atoms with van der Waals surface area (Å²) in [5.74, 6) is -0.555. The molecular weight excluding hydrogens is 230 g/mol. The summed E-state index contributed by atoms with van der Waals surface area (Å²) < 4.78 is 27.2. The molecule has 0 saturated carbocycles. The van der Waals surface area contributed by atoms with E-state index in [2.05, 4.69) is 9.44 Å². The SMILES string of the molecule is CCNS(=O)(=O)Nc1ccc(C(N)=O)cc1. The molecule has 0 aliphatic heterocycles. The molecule has 1 aromatic rings. The Kier molecular flexibility index (Phi) is 3.86. The highest BCUT2D eigenvalue weighted by Crippen LogP contribution is 2.10. The molecule has 1 aromatic carbocycles. The standard InChI is InChI=1S/C9H13N3O3S/c1-2-11-16(14,15)12-8-5-3-7(4-6-8)9(10)13/h3-6,11-12H,2H2,1H3,(H2,10,13). The molecule has 0 bridgehead atoms. The van der Waals surface area contributed by atoms with Crippen molar-refractivity contribution in [1.82, 2.24) is 4.72 Å². The molecule has 0 fully saturated rings. The highest BCUT2D eigenvalue weighted by Gasteiger charge is 2.07. The van der Waals surface area contributed by atoms with Crippen molar-refractivity contribution in [1.29, 1.82) is 0 Å². The Balaban J connectivity index is 2.80. The summed E-state index contributed by atoms with van der Waals surface area (Å²) in [6.45, 7) is 1.98. The second kappa shape index (κ2) is 4.95. The van der Waals surface area contributed by atoms with E-state index >= 15 is 0 Å². The monoisotopic (exact) mass is 243 g/mol. The molecule has 4 N–H and O–H groups in total. The van der Waals surface area contributed by atoms with Gasteiger partial charge in [-0.15, -0.1) is 0 Å². The lowest BCUT2D eigenvalue weighted by molar-refractivity contribution is 0.100. The Labute approximate surface area is 94.0 Å². The number of nitrogens with one attached hydrogen (secondary N) is 2. The van der Waals surface area contributed by atoms with Crippen molar-refractivity contribution >= 4 is 21.8 Å². The quantitative estimate of drug-likeness (QED) is 0.681. The van der Waals surface area contributed by atoms with Crippen LogP contribution in [0.2, 0.25) is 0 Å². The maximum atomic E-state index is 11.3. The summed E-state index contributed by atoms with van der Waals surface area (Å²) >= 11 is 0. The fourth-order valence-corrected chi connectivity index (χ4v) is 1.98. The molecule has 0 atom stereocenters. The molecule has 6 nitrogen and oxygen atoms in total. The molecule has 1 amide bonds. The molecule has 0 heterocycles. The second-order valence-electron chi connectivity index (χ2n) is 3.04. The van der Waals surface area contributed by atoms with Crippen molar-refractivity contribution in [3.63, 3.8) is 0 Å². The average Bonchev–Trinajstić information content (AvgIpc) is 2.17. The van der Waals surface area contributed by atoms with Crippen LogP contribution >= 0.6 is 0 Å². The topological polar surface area (TPSA) is 101 Å². The average molecular weight is 243 g/mol. The van der Waals surface area contributed by atoms with Gasteiger partial charge in [-0.25, -0.2) is 0 Å². The zero-order chi connectivity index (χ0) is 12.2. The van der Waals surface area contributed by atoms with E-state index in [9.17, 15) is 13.2 Å². The molecule has 1 rings (SSSR count). The number of rotatable bonds is 5. The molecule has 16 heavy (non-hydrogen) atoms. The van der Waals surface area contributed by atoms with E-state index in [0.717, 1.165) is 0 Å². The van der Waals surface area contributed by atoms with Gasteiger partial charge in [0.15, 0.2) is 0 Å². The first-order chi connectivity index (χ1) is 7.44. The van der Waals surface area contributed by atoms with Crippen LogP contribution < -0.4 is 15.2 Å². The number of benzene rings is 1. The lowest BCUT2D eigenvalue weighted by atomic mass is 10.2. The Morgan fingerprint density at radius 1 is 1.31 bits per heavy atom. The van der Waals surface area contributed by atoms with Gasteiger partial charge < -0.3 is 5.73 Å². The van der Waals surface area contributed by atoms with Crippen LogP contribution in [0.15, 0.2) is 24.3 Å². The lowest BCUT2D eigenvalue weighted by Crippen LogP contribution is -2.29. The van der Waals surface area contributed by atoms with E-state index in [0.29, 0.717) is 17.8 Å². The van der Waals surface area contributed by atoms with Crippen LogP contribution in [0.4, 0.5) is 5.69 Å². The molecule has 0 radical (unpaired) electrons. The Morgan fingerprint density at radius 2 is 1.88 bits per heavy atom. The minimum absolute atomic E-state index is 0.300. The van der Waals surface area contributed by atoms with Crippen molar-refractivity contribution in [2.24, 2.45) is 5.73 Å². The molecule has 0 unspecified atom stereocenters. The predicted molar refractivity (Wildman–Crippen MR) is 61.2 cm³/mol. The summed E-state index contributed by atoms with van der Waals surface area (Å²) in [7, 11) is -3.53. The third-order valence-corrected chi connectivity index (χ3v) is 2.93. The largest absolute Gasteiger partial charge is 0.366 e. The third-order valence-electron chi connectivity index (χ3n) is 1.76. The summed E-state index contributed by atoms with van der Waals surface area (Å²) in [4.78, 5) is 10.8. The molecule has 0 spiro atoms. The fraction of sp³-hybridized carbons (Fsp3) is 0.222. The van der Waals surface area contributed by atoms with Gasteiger partial charge in [-0.2, -0.15) is 13.1 Å². The first-order valence-electron chi connectivity index (χ1n) is 4.62. The predicted octanol–water partition coefficient (Wildman–Crippen LogP) is 0.0517. The highest BCUT2D eigenvalue weighted by atomic mass is 32.2. The maximum absolute atomic E-state index is 11.3. The van der Waals surface area contributed by atoms with Crippen molar-refractivity contribution in [2.45, 2.75) is 6.92 Å². The van der Waals surface area contributed by atoms with Crippen LogP contribution in [-0.2, 0) is 10.2 Å². The minimum Gasteiger partial charge on any atom is -0.366 e. The van der Waals surface area contributed by atoms with Gasteiger partial charge >= 0.3 is 0 Å². The second-order valence-corrected chi connectivity index (χ2v) is 4.54. The normalized spacial score (nSPS) is 11.1. The number of carbonyl (C=O) groups is 1. The van der Waals surface area contributed by atoms with Gasteiger partial charge in [0.05, 0.1) is 0 Å². The van der Waals surface area contributed by atoms with Gasteiger partial charge in [0.2, 0.25) is 5.91 Å². The summed E-state index contributed by atoms with van der Waals surface area (Å²) in [6, 6.07) is 5.84. The molecule has 88 valence electrons. The van der Waals surface area contributed by atoms with Crippen molar-refractivity contribution < 1.29 is 13.2 Å². The van der Waals surface area contributed by atoms with Crippen molar-refractivity contribution in [2.75, 3.05) is 11.3 Å². The summed E-state index contributed by atoms with van der Waals surface area (Å²) in [5, 5.41) is 0. The van der Waals surface area contributed by atoms with Gasteiger partial charge in [-0.1, -0.05) is 6.92 Å². The fourth-order valence-electron chi connectivity index (χ4n) is 1.08. The van der Waals surface area contributed by atoms with E-state index in [1.165, 1.54) is 24.3 Å². The van der Waals surface area contributed by atoms with E-state index in [1.807, 2.05) is 0 Å². The maximum Gasteiger partial charge on any atom is 0.299 e. The summed E-state index contributed by atoms with van der Waals surface area (Å²) in [5.41, 5.74) is 5.74. The molecular formula is C9H13N3O3S. The van der Waals surface area contributed by atoms with Crippen LogP contribution in [0.3, 0.4) is 0 Å². The third kappa shape index (κ3) is 3.52. The number of nitrogens with two attached hydrogens (primary N) is 1. The number of primary amides is 1. The van der Waals surface area contributed by atoms with Gasteiger partial charge in [0.1, 0.15) is 0 Å². The first kappa shape index (κ1) is 12.5. The Hall–Kier alpha value is -1.60. The van der Waals surface area contributed by atoms with Gasteiger partial charge in [0, 0.05) is 17.8 Å². The Bertz CT molecular complexity index is 467. The van der Waals surface area contributed by atoms with Crippen LogP contribution in [-0.4, -0.2) is 20.9 Å². The molecule has 0 saturated heterocycles. The number of hydrogen-bond donors (Lipinski definition) is 3. The zero-order valence-corrected chi connectivity index (χ0v) is 9.54. The van der Waals surface area contributed by atoms with Gasteiger partial charge in [-0.05, 0) is 24.3 Å². The first-order valence-corrected chi connectivity index (χ1v) is 6.10. The van der Waals surface area contributed by atoms with Crippen LogP contribution in [0.25, 0.3) is 0 Å². The number of amides is 1. The van der Waals surface area contributed by atoms with Crippen molar-refractivity contribution in [3.05, 3.63) is 29.8 Å². The number of hydrogen-bond acceptors (Lipinski definition) is 3. The van der Waals surface area contributed by atoms with E-state index < -0.39 is 16.1 Å². The van der Waals surface area contributed by atoms with Crippen LogP contribution in [0.1, 0.15) is 17.3 Å². The molecule has 7 heteroatoms. The molecule has 0 aromatic heterocycles. The van der Waals surface area contributed by atoms with Crippen molar-refractivity contribution in [3.8, 4) is 0 Å². The number of anilines is 1. The Morgan fingerprint density at radius 3 is 2.31 bits per heavy atom. The molecule has 0 aliphatic rings. The van der Waals surface area contributed by atoms with Gasteiger partial charge in [0.25, 0.3) is 10.2 Å². The van der Waals surface area contributed by atoms with Crippen LogP contribution in [0.5, 0.6) is 0 Å².